The van der Waals surface area contributed by atoms with Crippen molar-refractivity contribution in [3.8, 4) is 0 Å². The molecule has 2 fully saturated rings. The van der Waals surface area contributed by atoms with Gasteiger partial charge in [0.1, 0.15) is 0 Å². The highest BCUT2D eigenvalue weighted by atomic mass is 16.3. The molecule has 0 aromatic rings. The quantitative estimate of drug-likeness (QED) is 0.705. The van der Waals surface area contributed by atoms with Gasteiger partial charge < -0.3 is 15.3 Å². The summed E-state index contributed by atoms with van der Waals surface area (Å²) in [6.07, 6.45) is 10.7. The minimum atomic E-state index is 0.0908. The third-order valence-corrected chi connectivity index (χ3v) is 5.26. The molecule has 20 heavy (non-hydrogen) atoms. The van der Waals surface area contributed by atoms with Crippen molar-refractivity contribution in [3.05, 3.63) is 0 Å². The number of aliphatic hydroxyl groups is 1. The van der Waals surface area contributed by atoms with Gasteiger partial charge in [-0.1, -0.05) is 26.7 Å². The van der Waals surface area contributed by atoms with Gasteiger partial charge in [-0.15, -0.1) is 0 Å². The molecule has 3 heteroatoms. The normalized spacial score (nSPS) is 23.6. The summed E-state index contributed by atoms with van der Waals surface area (Å²) in [5, 5.41) is 13.0. The number of nitrogens with zero attached hydrogens (tertiary/aromatic N) is 1. The summed E-state index contributed by atoms with van der Waals surface area (Å²) in [5.41, 5.74) is 0.0908. The Morgan fingerprint density at radius 2 is 1.75 bits per heavy atom. The van der Waals surface area contributed by atoms with Crippen LogP contribution in [0.5, 0.6) is 0 Å². The van der Waals surface area contributed by atoms with Crippen molar-refractivity contribution in [2.45, 2.75) is 77.3 Å². The molecule has 0 unspecified atom stereocenters. The summed E-state index contributed by atoms with van der Waals surface area (Å²) in [6, 6.07) is 1.63. The second-order valence-corrected chi connectivity index (χ2v) is 7.63. The maximum Gasteiger partial charge on any atom is 0.0482 e. The summed E-state index contributed by atoms with van der Waals surface area (Å²) >= 11 is 0. The SMILES string of the molecule is CC(C)(CO)CCCNC1CCN(C2CCCC2)CC1. The van der Waals surface area contributed by atoms with E-state index in [9.17, 15) is 5.11 Å². The molecular weight excluding hydrogens is 248 g/mol. The molecule has 3 nitrogen and oxygen atoms in total. The Balaban J connectivity index is 1.55. The number of nitrogens with one attached hydrogen (secondary N) is 1. The van der Waals surface area contributed by atoms with Gasteiger partial charge in [-0.3, -0.25) is 0 Å². The molecule has 0 spiro atoms. The topological polar surface area (TPSA) is 35.5 Å². The Hall–Kier alpha value is -0.120. The van der Waals surface area contributed by atoms with E-state index in [-0.39, 0.29) is 5.41 Å². The Morgan fingerprint density at radius 3 is 2.35 bits per heavy atom. The van der Waals surface area contributed by atoms with Crippen LogP contribution in [0.4, 0.5) is 0 Å². The highest BCUT2D eigenvalue weighted by Crippen LogP contribution is 2.26. The molecule has 0 atom stereocenters. The number of hydrogen-bond acceptors (Lipinski definition) is 3. The van der Waals surface area contributed by atoms with Crippen molar-refractivity contribution in [1.82, 2.24) is 10.2 Å². The van der Waals surface area contributed by atoms with Gasteiger partial charge >= 0.3 is 0 Å². The van der Waals surface area contributed by atoms with Crippen LogP contribution < -0.4 is 5.32 Å². The average Bonchev–Trinajstić information content (AvgIpc) is 2.98. The minimum absolute atomic E-state index is 0.0908. The molecule has 2 rings (SSSR count). The smallest absolute Gasteiger partial charge is 0.0482 e. The molecule has 1 aliphatic heterocycles. The van der Waals surface area contributed by atoms with Gasteiger partial charge in [-0.2, -0.15) is 0 Å². The number of hydrogen-bond donors (Lipinski definition) is 2. The van der Waals surface area contributed by atoms with E-state index in [1.165, 1.54) is 58.0 Å². The lowest BCUT2D eigenvalue weighted by Crippen LogP contribution is -2.46. The number of rotatable bonds is 7. The molecule has 0 amide bonds. The molecule has 0 bridgehead atoms. The zero-order valence-corrected chi connectivity index (χ0v) is 13.5. The Morgan fingerprint density at radius 1 is 1.10 bits per heavy atom. The largest absolute Gasteiger partial charge is 0.396 e. The van der Waals surface area contributed by atoms with Crippen molar-refractivity contribution >= 4 is 0 Å². The molecule has 0 aromatic carbocycles. The zero-order valence-electron chi connectivity index (χ0n) is 13.5. The van der Waals surface area contributed by atoms with Crippen LogP contribution in [0.15, 0.2) is 0 Å². The minimum Gasteiger partial charge on any atom is -0.396 e. The van der Waals surface area contributed by atoms with Gasteiger partial charge in [-0.25, -0.2) is 0 Å². The number of piperidine rings is 1. The molecule has 1 aliphatic carbocycles. The summed E-state index contributed by atoms with van der Waals surface area (Å²) < 4.78 is 0. The number of aliphatic hydroxyl groups excluding tert-OH is 1. The van der Waals surface area contributed by atoms with Crippen LogP contribution in [0.2, 0.25) is 0 Å². The highest BCUT2D eigenvalue weighted by molar-refractivity contribution is 4.84. The predicted molar refractivity (Wildman–Crippen MR) is 85.0 cm³/mol. The fourth-order valence-corrected chi connectivity index (χ4v) is 3.69. The van der Waals surface area contributed by atoms with Crippen LogP contribution in [0.3, 0.4) is 0 Å². The van der Waals surface area contributed by atoms with Crippen LogP contribution >= 0.6 is 0 Å². The summed E-state index contributed by atoms with van der Waals surface area (Å²) in [7, 11) is 0. The molecule has 0 radical (unpaired) electrons. The monoisotopic (exact) mass is 282 g/mol. The lowest BCUT2D eigenvalue weighted by molar-refractivity contribution is 0.138. The zero-order chi connectivity index (χ0) is 14.4. The van der Waals surface area contributed by atoms with Gasteiger partial charge in [0.15, 0.2) is 0 Å². The first-order chi connectivity index (χ1) is 9.61. The fraction of sp³-hybridized carbons (Fsp3) is 1.00. The first-order valence-corrected chi connectivity index (χ1v) is 8.69. The first-order valence-electron chi connectivity index (χ1n) is 8.69. The molecule has 2 N–H and O–H groups in total. The molecular formula is C17H34N2O. The molecule has 118 valence electrons. The van der Waals surface area contributed by atoms with Crippen LogP contribution in [0.25, 0.3) is 0 Å². The van der Waals surface area contributed by atoms with Gasteiger partial charge in [-0.05, 0) is 63.6 Å². The van der Waals surface area contributed by atoms with E-state index in [0.29, 0.717) is 6.61 Å². The van der Waals surface area contributed by atoms with Crippen LogP contribution in [-0.4, -0.2) is 48.3 Å². The van der Waals surface area contributed by atoms with Crippen molar-refractivity contribution in [1.29, 1.82) is 0 Å². The maximum atomic E-state index is 9.25. The lowest BCUT2D eigenvalue weighted by atomic mass is 9.89. The van der Waals surface area contributed by atoms with E-state index in [0.717, 1.165) is 25.0 Å². The Bertz CT molecular complexity index is 266. The van der Waals surface area contributed by atoms with Gasteiger partial charge in [0.25, 0.3) is 0 Å². The molecule has 1 saturated heterocycles. The average molecular weight is 282 g/mol. The van der Waals surface area contributed by atoms with Crippen LogP contribution in [-0.2, 0) is 0 Å². The summed E-state index contributed by atoms with van der Waals surface area (Å²) in [4.78, 5) is 2.74. The van der Waals surface area contributed by atoms with E-state index < -0.39 is 0 Å². The Labute approximate surface area is 125 Å². The van der Waals surface area contributed by atoms with E-state index in [1.807, 2.05) is 0 Å². The van der Waals surface area contributed by atoms with Crippen molar-refractivity contribution < 1.29 is 5.11 Å². The van der Waals surface area contributed by atoms with E-state index in [2.05, 4.69) is 24.1 Å². The summed E-state index contributed by atoms with van der Waals surface area (Å²) in [5.74, 6) is 0. The van der Waals surface area contributed by atoms with Crippen LogP contribution in [0.1, 0.15) is 65.2 Å². The maximum absolute atomic E-state index is 9.25. The third kappa shape index (κ3) is 5.01. The molecule has 1 saturated carbocycles. The molecule has 2 aliphatic rings. The Kier molecular flexibility index (Phi) is 6.31. The van der Waals surface area contributed by atoms with Crippen molar-refractivity contribution in [2.75, 3.05) is 26.2 Å². The molecule has 0 aromatic heterocycles. The second kappa shape index (κ2) is 7.77. The summed E-state index contributed by atoms with van der Waals surface area (Å²) in [6.45, 7) is 8.29. The highest BCUT2D eigenvalue weighted by Gasteiger charge is 2.26. The fourth-order valence-electron chi connectivity index (χ4n) is 3.69. The predicted octanol–water partition coefficient (Wildman–Crippen LogP) is 2.78. The van der Waals surface area contributed by atoms with Crippen molar-refractivity contribution in [2.24, 2.45) is 5.41 Å². The standard InChI is InChI=1S/C17H34N2O/c1-17(2,14-20)10-5-11-18-15-8-12-19(13-9-15)16-6-3-4-7-16/h15-16,18,20H,3-14H2,1-2H3. The lowest BCUT2D eigenvalue weighted by Gasteiger charge is -2.36. The number of likely N-dealkylation sites (tertiary alicyclic amines) is 1. The van der Waals surface area contributed by atoms with Crippen molar-refractivity contribution in [3.63, 3.8) is 0 Å². The van der Waals surface area contributed by atoms with E-state index >= 15 is 0 Å². The van der Waals surface area contributed by atoms with E-state index in [1.54, 1.807) is 0 Å². The second-order valence-electron chi connectivity index (χ2n) is 7.63. The van der Waals surface area contributed by atoms with Gasteiger partial charge in [0.05, 0.1) is 0 Å². The van der Waals surface area contributed by atoms with Gasteiger partial charge in [0, 0.05) is 18.7 Å². The first kappa shape index (κ1) is 16.3. The van der Waals surface area contributed by atoms with Crippen LogP contribution in [0, 0.1) is 5.41 Å². The van der Waals surface area contributed by atoms with E-state index in [4.69, 9.17) is 0 Å². The third-order valence-electron chi connectivity index (χ3n) is 5.26. The molecule has 1 heterocycles. The van der Waals surface area contributed by atoms with Gasteiger partial charge in [0.2, 0.25) is 0 Å².